The van der Waals surface area contributed by atoms with Gasteiger partial charge in [-0.1, -0.05) is 12.2 Å². The normalized spacial score (nSPS) is 18.2. The van der Waals surface area contributed by atoms with Crippen molar-refractivity contribution in [3.05, 3.63) is 23.9 Å². The van der Waals surface area contributed by atoms with Gasteiger partial charge in [0.1, 0.15) is 6.04 Å². The molecule has 2 N–H and O–H groups in total. The Morgan fingerprint density at radius 1 is 1.75 bits per heavy atom. The van der Waals surface area contributed by atoms with Crippen molar-refractivity contribution in [2.45, 2.75) is 25.8 Å². The maximum atomic E-state index is 10.5. The van der Waals surface area contributed by atoms with E-state index >= 15 is 0 Å². The summed E-state index contributed by atoms with van der Waals surface area (Å²) in [4.78, 5) is 10.5. The number of aliphatic carboxylic acids is 1. The number of hydrogen-bond donors (Lipinski definition) is 2. The van der Waals surface area contributed by atoms with Gasteiger partial charge in [0.25, 0.3) is 0 Å². The smallest absolute Gasteiger partial charge is 0.325 e. The molecule has 0 aromatic heterocycles. The van der Waals surface area contributed by atoms with Gasteiger partial charge in [0.05, 0.1) is 0 Å². The van der Waals surface area contributed by atoms with Crippen LogP contribution in [0.5, 0.6) is 0 Å². The molecule has 1 aliphatic carbocycles. The van der Waals surface area contributed by atoms with Gasteiger partial charge in [-0.3, -0.25) is 4.79 Å². The fourth-order valence-electron chi connectivity index (χ4n) is 1.06. The molecule has 0 aliphatic heterocycles. The topological polar surface area (TPSA) is 49.3 Å². The van der Waals surface area contributed by atoms with Crippen molar-refractivity contribution in [2.24, 2.45) is 0 Å². The maximum absolute atomic E-state index is 10.5. The number of carboxylic acid groups (broad SMARTS) is 1. The monoisotopic (exact) mass is 167 g/mol. The molecular weight excluding hydrogens is 154 g/mol. The second-order valence-corrected chi connectivity index (χ2v) is 2.86. The number of carboxylic acids is 1. The van der Waals surface area contributed by atoms with E-state index in [1.165, 1.54) is 0 Å². The number of carbonyl (C=O) groups is 1. The van der Waals surface area contributed by atoms with Gasteiger partial charge >= 0.3 is 5.97 Å². The van der Waals surface area contributed by atoms with Gasteiger partial charge in [-0.25, -0.2) is 0 Å². The predicted octanol–water partition coefficient (Wildman–Crippen LogP) is 1.28. The highest BCUT2D eigenvalue weighted by Crippen LogP contribution is 2.09. The van der Waals surface area contributed by atoms with Crippen molar-refractivity contribution >= 4 is 5.97 Å². The molecule has 3 nitrogen and oxygen atoms in total. The Kier molecular flexibility index (Phi) is 2.91. The molecule has 0 unspecified atom stereocenters. The first-order valence-corrected chi connectivity index (χ1v) is 4.05. The Balaban J connectivity index is 2.45. The summed E-state index contributed by atoms with van der Waals surface area (Å²) in [6.45, 7) is 1.64. The lowest BCUT2D eigenvalue weighted by molar-refractivity contribution is -0.138. The maximum Gasteiger partial charge on any atom is 0.325 e. The Morgan fingerprint density at radius 3 is 3.00 bits per heavy atom. The summed E-state index contributed by atoms with van der Waals surface area (Å²) in [6, 6.07) is -0.497. The summed E-state index contributed by atoms with van der Waals surface area (Å²) in [7, 11) is 0. The molecule has 0 saturated heterocycles. The number of rotatable bonds is 3. The standard InChI is InChI=1S/C9H13NO2/c1-7(9(11)12)10-8-5-3-2-4-6-8/h2-3,5,7,10H,4,6H2,1H3,(H,11,12)/t7-/m0/s1. The van der Waals surface area contributed by atoms with Crippen molar-refractivity contribution < 1.29 is 9.90 Å². The van der Waals surface area contributed by atoms with Crippen LogP contribution in [-0.4, -0.2) is 17.1 Å². The molecule has 0 spiro atoms. The van der Waals surface area contributed by atoms with Crippen LogP contribution in [0.4, 0.5) is 0 Å². The molecule has 0 saturated carbocycles. The highest BCUT2D eigenvalue weighted by molar-refractivity contribution is 5.73. The third-order valence-electron chi connectivity index (χ3n) is 1.79. The third-order valence-corrected chi connectivity index (χ3v) is 1.79. The first-order valence-electron chi connectivity index (χ1n) is 4.05. The zero-order valence-electron chi connectivity index (χ0n) is 7.08. The van der Waals surface area contributed by atoms with E-state index in [2.05, 4.69) is 11.4 Å². The van der Waals surface area contributed by atoms with Crippen molar-refractivity contribution in [3.63, 3.8) is 0 Å². The van der Waals surface area contributed by atoms with E-state index in [4.69, 9.17) is 5.11 Å². The molecule has 0 bridgehead atoms. The van der Waals surface area contributed by atoms with Gasteiger partial charge in [-0.2, -0.15) is 0 Å². The van der Waals surface area contributed by atoms with Crippen molar-refractivity contribution in [3.8, 4) is 0 Å². The summed E-state index contributed by atoms with van der Waals surface area (Å²) in [5, 5.41) is 11.5. The van der Waals surface area contributed by atoms with E-state index < -0.39 is 12.0 Å². The molecular formula is C9H13NO2. The first-order chi connectivity index (χ1) is 5.70. The fourth-order valence-corrected chi connectivity index (χ4v) is 1.06. The van der Waals surface area contributed by atoms with Gasteiger partial charge < -0.3 is 10.4 Å². The van der Waals surface area contributed by atoms with E-state index in [1.807, 2.05) is 12.2 Å². The van der Waals surface area contributed by atoms with E-state index in [9.17, 15) is 4.79 Å². The lowest BCUT2D eigenvalue weighted by Crippen LogP contribution is -2.33. The summed E-state index contributed by atoms with van der Waals surface area (Å²) >= 11 is 0. The molecule has 3 heteroatoms. The molecule has 0 heterocycles. The molecule has 0 aromatic rings. The first kappa shape index (κ1) is 8.84. The van der Waals surface area contributed by atoms with Crippen molar-refractivity contribution in [1.82, 2.24) is 5.32 Å². The van der Waals surface area contributed by atoms with Crippen LogP contribution in [0.15, 0.2) is 23.9 Å². The minimum Gasteiger partial charge on any atom is -0.480 e. The van der Waals surface area contributed by atoms with Crippen LogP contribution < -0.4 is 5.32 Å². The number of nitrogens with one attached hydrogen (secondary N) is 1. The molecule has 1 rings (SSSR count). The SMILES string of the molecule is C[C@H](NC1=CC=CCC1)C(=O)O. The summed E-state index contributed by atoms with van der Waals surface area (Å²) in [5.74, 6) is -0.814. The molecule has 0 fully saturated rings. The Morgan fingerprint density at radius 2 is 2.50 bits per heavy atom. The number of hydrogen-bond acceptors (Lipinski definition) is 2. The van der Waals surface area contributed by atoms with E-state index in [-0.39, 0.29) is 0 Å². The van der Waals surface area contributed by atoms with Crippen LogP contribution in [0, 0.1) is 0 Å². The van der Waals surface area contributed by atoms with Gasteiger partial charge in [0.15, 0.2) is 0 Å². The second kappa shape index (κ2) is 3.95. The molecule has 12 heavy (non-hydrogen) atoms. The average molecular weight is 167 g/mol. The highest BCUT2D eigenvalue weighted by atomic mass is 16.4. The Bertz CT molecular complexity index is 231. The molecule has 1 atom stereocenters. The van der Waals surface area contributed by atoms with Crippen LogP contribution >= 0.6 is 0 Å². The van der Waals surface area contributed by atoms with Gasteiger partial charge in [-0.15, -0.1) is 0 Å². The molecule has 66 valence electrons. The van der Waals surface area contributed by atoms with Gasteiger partial charge in [0, 0.05) is 5.70 Å². The van der Waals surface area contributed by atoms with E-state index in [1.54, 1.807) is 6.92 Å². The number of allylic oxidation sites excluding steroid dienone is 4. The fraction of sp³-hybridized carbons (Fsp3) is 0.444. The van der Waals surface area contributed by atoms with Crippen molar-refractivity contribution in [1.29, 1.82) is 0 Å². The molecule has 1 aliphatic rings. The van der Waals surface area contributed by atoms with Crippen LogP contribution in [-0.2, 0) is 4.79 Å². The van der Waals surface area contributed by atoms with E-state index in [0.717, 1.165) is 18.5 Å². The summed E-state index contributed by atoms with van der Waals surface area (Å²) in [6.07, 6.45) is 7.83. The Labute approximate surface area is 71.8 Å². The second-order valence-electron chi connectivity index (χ2n) is 2.86. The largest absolute Gasteiger partial charge is 0.480 e. The minimum absolute atomic E-state index is 0.497. The van der Waals surface area contributed by atoms with Gasteiger partial charge in [0.2, 0.25) is 0 Å². The van der Waals surface area contributed by atoms with Crippen LogP contribution in [0.25, 0.3) is 0 Å². The molecule has 0 aromatic carbocycles. The lowest BCUT2D eigenvalue weighted by Gasteiger charge is -2.15. The van der Waals surface area contributed by atoms with E-state index in [0.29, 0.717) is 0 Å². The van der Waals surface area contributed by atoms with Crippen molar-refractivity contribution in [2.75, 3.05) is 0 Å². The predicted molar refractivity (Wildman–Crippen MR) is 46.7 cm³/mol. The van der Waals surface area contributed by atoms with Crippen LogP contribution in [0.3, 0.4) is 0 Å². The summed E-state index contributed by atoms with van der Waals surface area (Å²) in [5.41, 5.74) is 1.01. The van der Waals surface area contributed by atoms with Crippen LogP contribution in [0.1, 0.15) is 19.8 Å². The lowest BCUT2D eigenvalue weighted by atomic mass is 10.1. The molecule has 0 radical (unpaired) electrons. The molecule has 0 amide bonds. The van der Waals surface area contributed by atoms with Crippen LogP contribution in [0.2, 0.25) is 0 Å². The minimum atomic E-state index is -0.814. The third kappa shape index (κ3) is 2.42. The Hall–Kier alpha value is -1.25. The zero-order chi connectivity index (χ0) is 8.97. The highest BCUT2D eigenvalue weighted by Gasteiger charge is 2.11. The summed E-state index contributed by atoms with van der Waals surface area (Å²) < 4.78 is 0. The average Bonchev–Trinajstić information content (AvgIpc) is 2.06. The quantitative estimate of drug-likeness (QED) is 0.665. The zero-order valence-corrected chi connectivity index (χ0v) is 7.08. The van der Waals surface area contributed by atoms with Gasteiger partial charge in [-0.05, 0) is 25.8 Å².